The zero-order valence-electron chi connectivity index (χ0n) is 17.4. The molecule has 0 aromatic carbocycles. The summed E-state index contributed by atoms with van der Waals surface area (Å²) < 4.78 is 7.93. The number of ether oxygens (including phenoxy) is 1. The van der Waals surface area contributed by atoms with Crippen molar-refractivity contribution in [3.8, 4) is 0 Å². The number of aryl methyl sites for hydroxylation is 1. The minimum atomic E-state index is -2.51. The number of H-pyrrole nitrogens is 1. The van der Waals surface area contributed by atoms with Gasteiger partial charge in [0.15, 0.2) is 0 Å². The molecular formula is C19H34N2O5Si. The Morgan fingerprint density at radius 2 is 1.74 bits per heavy atom. The summed E-state index contributed by atoms with van der Waals surface area (Å²) in [5, 5.41) is 19.4. The molecule has 0 unspecified atom stereocenters. The molecule has 3 atom stereocenters. The van der Waals surface area contributed by atoms with Crippen molar-refractivity contribution in [3.05, 3.63) is 32.6 Å². The molecule has 2 heterocycles. The zero-order valence-corrected chi connectivity index (χ0v) is 18.4. The summed E-state index contributed by atoms with van der Waals surface area (Å²) in [6, 6.07) is 0. The molecule has 154 valence electrons. The molecule has 0 aliphatic carbocycles. The normalized spacial score (nSPS) is 26.5. The number of nitrogens with zero attached hydrogens (tertiary/aromatic N) is 1. The molecule has 0 amide bonds. The maximum atomic E-state index is 12.9. The number of aromatic amines is 1. The molecule has 27 heavy (non-hydrogen) atoms. The van der Waals surface area contributed by atoms with Crippen LogP contribution in [0.2, 0.25) is 16.6 Å². The SMILES string of the molecule is Cc1cn([C@@]2([Si](C(C)C)(C(C)C)C(C)C)C[C@H](O)[C@@H](CO)O2)c(=O)[nH]c1=O. The van der Waals surface area contributed by atoms with Gasteiger partial charge in [0.1, 0.15) is 19.5 Å². The van der Waals surface area contributed by atoms with Gasteiger partial charge in [-0.25, -0.2) is 4.79 Å². The molecule has 1 aromatic rings. The molecule has 7 nitrogen and oxygen atoms in total. The second-order valence-corrected chi connectivity index (χ2v) is 14.8. The molecule has 1 fully saturated rings. The lowest BCUT2D eigenvalue weighted by Crippen LogP contribution is -2.67. The highest BCUT2D eigenvalue weighted by atomic mass is 28.3. The van der Waals surface area contributed by atoms with E-state index >= 15 is 0 Å². The van der Waals surface area contributed by atoms with Crippen LogP contribution in [0.3, 0.4) is 0 Å². The first-order valence-electron chi connectivity index (χ1n) is 9.75. The van der Waals surface area contributed by atoms with E-state index in [-0.39, 0.29) is 29.7 Å². The van der Waals surface area contributed by atoms with E-state index in [4.69, 9.17) is 4.74 Å². The molecule has 0 bridgehead atoms. The molecular weight excluding hydrogens is 364 g/mol. The molecule has 2 rings (SSSR count). The Hall–Kier alpha value is -1.22. The van der Waals surface area contributed by atoms with Crippen LogP contribution in [0.25, 0.3) is 0 Å². The zero-order chi connectivity index (χ0) is 20.7. The predicted molar refractivity (Wildman–Crippen MR) is 108 cm³/mol. The largest absolute Gasteiger partial charge is 0.394 e. The predicted octanol–water partition coefficient (Wildman–Crippen LogP) is 1.86. The van der Waals surface area contributed by atoms with Crippen LogP contribution in [0.1, 0.15) is 53.5 Å². The Morgan fingerprint density at radius 3 is 2.15 bits per heavy atom. The van der Waals surface area contributed by atoms with Gasteiger partial charge in [-0.15, -0.1) is 0 Å². The van der Waals surface area contributed by atoms with Crippen LogP contribution < -0.4 is 11.2 Å². The van der Waals surface area contributed by atoms with Crippen molar-refractivity contribution >= 4 is 8.07 Å². The number of hydrogen-bond acceptors (Lipinski definition) is 5. The lowest BCUT2D eigenvalue weighted by molar-refractivity contribution is -0.0791. The van der Waals surface area contributed by atoms with Gasteiger partial charge < -0.3 is 14.9 Å². The summed E-state index contributed by atoms with van der Waals surface area (Å²) in [6.45, 7) is 14.2. The number of nitrogens with one attached hydrogen (secondary N) is 1. The molecule has 3 N–H and O–H groups in total. The first kappa shape index (κ1) is 22.1. The third-order valence-corrected chi connectivity index (χ3v) is 14.1. The van der Waals surface area contributed by atoms with E-state index in [1.165, 1.54) is 4.57 Å². The van der Waals surface area contributed by atoms with E-state index in [1.54, 1.807) is 13.1 Å². The van der Waals surface area contributed by atoms with E-state index in [2.05, 4.69) is 46.5 Å². The summed E-state index contributed by atoms with van der Waals surface area (Å²) in [4.78, 5) is 27.3. The van der Waals surface area contributed by atoms with Gasteiger partial charge in [-0.2, -0.15) is 0 Å². The third kappa shape index (κ3) is 3.16. The van der Waals surface area contributed by atoms with Gasteiger partial charge in [0.2, 0.25) is 0 Å². The Balaban J connectivity index is 2.94. The van der Waals surface area contributed by atoms with E-state index in [0.717, 1.165) is 0 Å². The summed E-state index contributed by atoms with van der Waals surface area (Å²) in [7, 11) is -2.51. The molecule has 0 radical (unpaired) electrons. The van der Waals surface area contributed by atoms with E-state index in [1.807, 2.05) is 0 Å². The summed E-state index contributed by atoms with van der Waals surface area (Å²) in [5.74, 6) is 0. The number of aliphatic hydroxyl groups excluding tert-OH is 2. The Morgan fingerprint density at radius 1 is 1.22 bits per heavy atom. The van der Waals surface area contributed by atoms with Crippen molar-refractivity contribution in [2.75, 3.05) is 6.61 Å². The van der Waals surface area contributed by atoms with Crippen molar-refractivity contribution in [2.45, 2.75) is 89.1 Å². The number of aromatic nitrogens is 2. The van der Waals surface area contributed by atoms with Gasteiger partial charge in [-0.3, -0.25) is 14.3 Å². The summed E-state index contributed by atoms with van der Waals surface area (Å²) >= 11 is 0. The monoisotopic (exact) mass is 398 g/mol. The van der Waals surface area contributed by atoms with Gasteiger partial charge in [0.05, 0.1) is 12.7 Å². The fourth-order valence-corrected chi connectivity index (χ4v) is 14.0. The van der Waals surface area contributed by atoms with Crippen molar-refractivity contribution in [3.63, 3.8) is 0 Å². The molecule has 1 saturated heterocycles. The number of hydrogen-bond donors (Lipinski definition) is 3. The van der Waals surface area contributed by atoms with Crippen LogP contribution >= 0.6 is 0 Å². The number of rotatable bonds is 6. The van der Waals surface area contributed by atoms with Crippen molar-refractivity contribution in [1.82, 2.24) is 9.55 Å². The van der Waals surface area contributed by atoms with Gasteiger partial charge in [-0.1, -0.05) is 41.5 Å². The quantitative estimate of drug-likeness (QED) is 0.635. The lowest BCUT2D eigenvalue weighted by atomic mass is 10.2. The Bertz CT molecular complexity index is 763. The average Bonchev–Trinajstić information content (AvgIpc) is 2.87. The van der Waals surface area contributed by atoms with Gasteiger partial charge in [0.25, 0.3) is 5.56 Å². The highest BCUT2D eigenvalue weighted by Gasteiger charge is 2.65. The Kier molecular flexibility index (Phi) is 6.26. The number of aliphatic hydroxyl groups is 2. The smallest absolute Gasteiger partial charge is 0.330 e. The minimum Gasteiger partial charge on any atom is -0.394 e. The van der Waals surface area contributed by atoms with E-state index < -0.39 is 36.9 Å². The second-order valence-electron chi connectivity index (χ2n) is 8.73. The Labute approximate surface area is 161 Å². The maximum absolute atomic E-state index is 12.9. The van der Waals surface area contributed by atoms with Crippen LogP contribution in [0, 0.1) is 6.92 Å². The second kappa shape index (κ2) is 7.65. The highest BCUT2D eigenvalue weighted by Crippen LogP contribution is 2.56. The van der Waals surface area contributed by atoms with Gasteiger partial charge in [-0.05, 0) is 23.5 Å². The fourth-order valence-electron chi connectivity index (χ4n) is 5.78. The third-order valence-electron chi connectivity index (χ3n) is 6.49. The molecule has 1 aromatic heterocycles. The van der Waals surface area contributed by atoms with Crippen LogP contribution in [-0.2, 0) is 10.1 Å². The minimum absolute atomic E-state index is 0.227. The maximum Gasteiger partial charge on any atom is 0.330 e. The molecule has 0 spiro atoms. The van der Waals surface area contributed by atoms with Crippen LogP contribution in [0.5, 0.6) is 0 Å². The van der Waals surface area contributed by atoms with Gasteiger partial charge in [0, 0.05) is 18.2 Å². The van der Waals surface area contributed by atoms with Crippen LogP contribution in [0.15, 0.2) is 15.8 Å². The average molecular weight is 399 g/mol. The van der Waals surface area contributed by atoms with Crippen molar-refractivity contribution in [2.24, 2.45) is 0 Å². The molecule has 1 aliphatic rings. The van der Waals surface area contributed by atoms with Crippen molar-refractivity contribution in [1.29, 1.82) is 0 Å². The van der Waals surface area contributed by atoms with E-state index in [9.17, 15) is 19.8 Å². The van der Waals surface area contributed by atoms with Gasteiger partial charge >= 0.3 is 5.69 Å². The molecule has 0 saturated carbocycles. The summed E-state index contributed by atoms with van der Waals surface area (Å²) in [5.41, 5.74) is 0.173. The molecule has 1 aliphatic heterocycles. The first-order valence-corrected chi connectivity index (χ1v) is 12.0. The first-order chi connectivity index (χ1) is 12.5. The summed E-state index contributed by atoms with van der Waals surface area (Å²) in [6.07, 6.45) is 0.150. The van der Waals surface area contributed by atoms with Crippen LogP contribution in [-0.4, -0.2) is 46.7 Å². The lowest BCUT2D eigenvalue weighted by Gasteiger charge is -2.55. The highest BCUT2D eigenvalue weighted by molar-refractivity contribution is 6.85. The molecule has 8 heteroatoms. The topological polar surface area (TPSA) is 105 Å². The standard InChI is InChI=1S/C19H34N2O5Si/c1-11(2)27(12(3)4,13(5)6)19(8-15(23)16(10-22)26-19)21-9-14(7)17(24)20-18(21)25/h9,11-13,15-16,22-23H,8,10H2,1-7H3,(H,20,24,25)/t15-,16+,19-/m0/s1. The fraction of sp³-hybridized carbons (Fsp3) is 0.789. The van der Waals surface area contributed by atoms with Crippen LogP contribution in [0.4, 0.5) is 0 Å². The van der Waals surface area contributed by atoms with Crippen molar-refractivity contribution < 1.29 is 14.9 Å². The van der Waals surface area contributed by atoms with E-state index in [0.29, 0.717) is 5.56 Å².